The van der Waals surface area contributed by atoms with E-state index in [4.69, 9.17) is 0 Å². The van der Waals surface area contributed by atoms with Gasteiger partial charge in [0.2, 0.25) is 0 Å². The van der Waals surface area contributed by atoms with Gasteiger partial charge in [0.25, 0.3) is 0 Å². The zero-order valence-electron chi connectivity index (χ0n) is 13.9. The predicted octanol–water partition coefficient (Wildman–Crippen LogP) is 2.77. The number of aliphatic hydroxyl groups excluding tert-OH is 1. The Kier molecular flexibility index (Phi) is 5.42. The number of hydrogen-bond acceptors (Lipinski definition) is 3. The Hall–Kier alpha value is -0.900. The van der Waals surface area contributed by atoms with Crippen LogP contribution in [0.1, 0.15) is 38.4 Å². The van der Waals surface area contributed by atoms with E-state index in [2.05, 4.69) is 37.7 Å². The third kappa shape index (κ3) is 4.29. The molecule has 0 aliphatic carbocycles. The van der Waals surface area contributed by atoms with Gasteiger partial charge in [0.05, 0.1) is 6.10 Å². The molecular weight excluding hydrogens is 260 g/mol. The van der Waals surface area contributed by atoms with Crippen molar-refractivity contribution in [3.8, 4) is 0 Å². The van der Waals surface area contributed by atoms with Crippen molar-refractivity contribution in [2.45, 2.75) is 38.8 Å². The van der Waals surface area contributed by atoms with Crippen molar-refractivity contribution < 1.29 is 5.11 Å². The molecule has 1 aliphatic rings. The smallest absolute Gasteiger partial charge is 0.0853 e. The molecular formula is C18H30N2O. The molecule has 1 aliphatic heterocycles. The summed E-state index contributed by atoms with van der Waals surface area (Å²) < 4.78 is 0. The minimum Gasteiger partial charge on any atom is -0.388 e. The van der Waals surface area contributed by atoms with Crippen molar-refractivity contribution in [1.82, 2.24) is 9.80 Å². The minimum absolute atomic E-state index is 0.161. The molecule has 1 aromatic rings. The fourth-order valence-corrected chi connectivity index (χ4v) is 3.44. The van der Waals surface area contributed by atoms with E-state index in [1.54, 1.807) is 0 Å². The maximum atomic E-state index is 10.7. The van der Waals surface area contributed by atoms with Crippen molar-refractivity contribution in [3.63, 3.8) is 0 Å². The number of piperidine rings is 1. The molecule has 2 atom stereocenters. The van der Waals surface area contributed by atoms with Gasteiger partial charge in [-0.15, -0.1) is 0 Å². The Morgan fingerprint density at radius 1 is 1.33 bits per heavy atom. The van der Waals surface area contributed by atoms with Crippen molar-refractivity contribution in [3.05, 3.63) is 35.9 Å². The second kappa shape index (κ2) is 6.91. The molecule has 0 radical (unpaired) electrons. The van der Waals surface area contributed by atoms with Crippen LogP contribution in [-0.2, 0) is 0 Å². The zero-order valence-corrected chi connectivity index (χ0v) is 13.9. The van der Waals surface area contributed by atoms with Gasteiger partial charge in [0, 0.05) is 24.5 Å². The number of hydrogen-bond donors (Lipinski definition) is 1. The fourth-order valence-electron chi connectivity index (χ4n) is 3.44. The van der Waals surface area contributed by atoms with Crippen LogP contribution in [0.4, 0.5) is 0 Å². The molecule has 0 bridgehead atoms. The summed E-state index contributed by atoms with van der Waals surface area (Å²) in [6.07, 6.45) is 2.10. The van der Waals surface area contributed by atoms with E-state index >= 15 is 0 Å². The Balaban J connectivity index is 1.99. The lowest BCUT2D eigenvalue weighted by molar-refractivity contribution is 0.00797. The van der Waals surface area contributed by atoms with Gasteiger partial charge in [-0.25, -0.2) is 0 Å². The molecule has 1 heterocycles. The third-order valence-corrected chi connectivity index (χ3v) is 4.74. The quantitative estimate of drug-likeness (QED) is 0.903. The van der Waals surface area contributed by atoms with Crippen molar-refractivity contribution in [2.24, 2.45) is 5.41 Å². The van der Waals surface area contributed by atoms with Crippen LogP contribution in [0, 0.1) is 5.41 Å². The lowest BCUT2D eigenvalue weighted by atomic mass is 9.81. The van der Waals surface area contributed by atoms with Crippen LogP contribution in [0.15, 0.2) is 30.3 Å². The molecule has 21 heavy (non-hydrogen) atoms. The highest BCUT2D eigenvalue weighted by Gasteiger charge is 2.32. The molecule has 2 rings (SSSR count). The fraction of sp³-hybridized carbons (Fsp3) is 0.667. The van der Waals surface area contributed by atoms with Gasteiger partial charge in [-0.2, -0.15) is 0 Å². The Morgan fingerprint density at radius 2 is 2.00 bits per heavy atom. The monoisotopic (exact) mass is 290 g/mol. The molecule has 3 heteroatoms. The van der Waals surface area contributed by atoms with E-state index in [0.29, 0.717) is 6.04 Å². The summed E-state index contributed by atoms with van der Waals surface area (Å²) in [7, 11) is 4.40. The number of rotatable bonds is 5. The lowest BCUT2D eigenvalue weighted by Crippen LogP contribution is -2.48. The van der Waals surface area contributed by atoms with E-state index in [-0.39, 0.29) is 5.41 Å². The second-order valence-corrected chi connectivity index (χ2v) is 7.28. The summed E-state index contributed by atoms with van der Waals surface area (Å²) in [4.78, 5) is 4.84. The SMILES string of the molecule is CN1CCCC(N(C)CC(C)(C)C(O)c2ccccc2)C1. The first kappa shape index (κ1) is 16.5. The van der Waals surface area contributed by atoms with Crippen LogP contribution in [0.3, 0.4) is 0 Å². The van der Waals surface area contributed by atoms with Crippen LogP contribution in [-0.4, -0.2) is 54.7 Å². The molecule has 0 aromatic heterocycles. The van der Waals surface area contributed by atoms with Crippen LogP contribution in [0.2, 0.25) is 0 Å². The molecule has 1 saturated heterocycles. The predicted molar refractivity (Wildman–Crippen MR) is 88.3 cm³/mol. The first-order valence-electron chi connectivity index (χ1n) is 8.02. The first-order valence-corrected chi connectivity index (χ1v) is 8.02. The highest BCUT2D eigenvalue weighted by atomic mass is 16.3. The molecule has 1 aromatic carbocycles. The molecule has 3 nitrogen and oxygen atoms in total. The molecule has 0 spiro atoms. The zero-order chi connectivity index (χ0) is 15.5. The summed E-state index contributed by atoms with van der Waals surface area (Å²) in [6.45, 7) is 7.57. The van der Waals surface area contributed by atoms with Gasteiger partial charge in [-0.3, -0.25) is 0 Å². The van der Waals surface area contributed by atoms with Crippen LogP contribution < -0.4 is 0 Å². The van der Waals surface area contributed by atoms with Gasteiger partial charge < -0.3 is 14.9 Å². The maximum Gasteiger partial charge on any atom is 0.0853 e. The van der Waals surface area contributed by atoms with Gasteiger partial charge in [0.1, 0.15) is 0 Å². The van der Waals surface area contributed by atoms with Gasteiger partial charge in [0.15, 0.2) is 0 Å². The molecule has 118 valence electrons. The number of likely N-dealkylation sites (N-methyl/N-ethyl adjacent to an activating group) is 2. The number of nitrogens with zero attached hydrogens (tertiary/aromatic N) is 2. The van der Waals surface area contributed by atoms with Crippen molar-refractivity contribution >= 4 is 0 Å². The second-order valence-electron chi connectivity index (χ2n) is 7.28. The van der Waals surface area contributed by atoms with Crippen LogP contribution in [0.25, 0.3) is 0 Å². The topological polar surface area (TPSA) is 26.7 Å². The highest BCUT2D eigenvalue weighted by molar-refractivity contribution is 5.19. The normalized spacial score (nSPS) is 22.5. The Labute approximate surface area is 129 Å². The Morgan fingerprint density at radius 3 is 2.62 bits per heavy atom. The highest BCUT2D eigenvalue weighted by Crippen LogP contribution is 2.34. The average molecular weight is 290 g/mol. The minimum atomic E-state index is -0.428. The molecule has 2 unspecified atom stereocenters. The van der Waals surface area contributed by atoms with E-state index in [9.17, 15) is 5.11 Å². The number of benzene rings is 1. The summed E-state index contributed by atoms with van der Waals surface area (Å²) in [5.41, 5.74) is 0.850. The summed E-state index contributed by atoms with van der Waals surface area (Å²) >= 11 is 0. The number of likely N-dealkylation sites (tertiary alicyclic amines) is 1. The van der Waals surface area contributed by atoms with E-state index in [1.807, 2.05) is 30.3 Å². The van der Waals surface area contributed by atoms with Crippen LogP contribution in [0.5, 0.6) is 0 Å². The van der Waals surface area contributed by atoms with Crippen molar-refractivity contribution in [2.75, 3.05) is 33.7 Å². The largest absolute Gasteiger partial charge is 0.388 e. The molecule has 0 saturated carbocycles. The molecule has 0 amide bonds. The van der Waals surface area contributed by atoms with E-state index < -0.39 is 6.10 Å². The van der Waals surface area contributed by atoms with Crippen LogP contribution >= 0.6 is 0 Å². The lowest BCUT2D eigenvalue weighted by Gasteiger charge is -2.41. The standard InChI is InChI=1S/C18H30N2O/c1-18(2,17(21)15-9-6-5-7-10-15)14-20(4)16-11-8-12-19(3)13-16/h5-7,9-10,16-17,21H,8,11-14H2,1-4H3. The summed E-state index contributed by atoms with van der Waals surface area (Å²) in [5, 5.41) is 10.7. The van der Waals surface area contributed by atoms with E-state index in [1.165, 1.54) is 19.4 Å². The first-order chi connectivity index (χ1) is 9.90. The van der Waals surface area contributed by atoms with Gasteiger partial charge in [-0.1, -0.05) is 44.2 Å². The van der Waals surface area contributed by atoms with Gasteiger partial charge >= 0.3 is 0 Å². The third-order valence-electron chi connectivity index (χ3n) is 4.74. The van der Waals surface area contributed by atoms with E-state index in [0.717, 1.165) is 18.7 Å². The Bertz CT molecular complexity index is 432. The van der Waals surface area contributed by atoms with Crippen molar-refractivity contribution in [1.29, 1.82) is 0 Å². The number of aliphatic hydroxyl groups is 1. The average Bonchev–Trinajstić information content (AvgIpc) is 2.47. The van der Waals surface area contributed by atoms with Gasteiger partial charge in [-0.05, 0) is 39.0 Å². The molecule has 1 N–H and O–H groups in total. The summed E-state index contributed by atoms with van der Waals surface area (Å²) in [5.74, 6) is 0. The maximum absolute atomic E-state index is 10.7. The summed E-state index contributed by atoms with van der Waals surface area (Å²) in [6, 6.07) is 10.6. The molecule has 1 fully saturated rings.